The van der Waals surface area contributed by atoms with Crippen LogP contribution in [0.3, 0.4) is 0 Å². The van der Waals surface area contributed by atoms with Crippen molar-refractivity contribution in [2.24, 2.45) is 11.5 Å². The van der Waals surface area contributed by atoms with E-state index in [-0.39, 0.29) is 5.41 Å². The fourth-order valence-corrected chi connectivity index (χ4v) is 3.82. The van der Waals surface area contributed by atoms with Crippen LogP contribution >= 0.6 is 0 Å². The second-order valence-electron chi connectivity index (χ2n) is 8.10. The average Bonchev–Trinajstić information content (AvgIpc) is 2.59. The number of primary amides is 2. The molecule has 6 heteroatoms. The Kier molecular flexibility index (Phi) is 3.82. The molecule has 0 aliphatic heterocycles. The van der Waals surface area contributed by atoms with E-state index in [4.69, 9.17) is 11.5 Å². The molecule has 0 bridgehead atoms. The SMILES string of the molecule is CC(C)(C)c1cc2ccc3c(NC(N)=O)cc(NC(N)=O)c4ccc(c1)c2c34. The van der Waals surface area contributed by atoms with Gasteiger partial charge in [-0.05, 0) is 33.2 Å². The number of hydrogen-bond donors (Lipinski definition) is 4. The van der Waals surface area contributed by atoms with Gasteiger partial charge in [-0.3, -0.25) is 0 Å². The number of nitrogens with two attached hydrogens (primary N) is 2. The second-order valence-corrected chi connectivity index (χ2v) is 8.10. The smallest absolute Gasteiger partial charge is 0.316 e. The van der Waals surface area contributed by atoms with Crippen LogP contribution in [0.1, 0.15) is 26.3 Å². The van der Waals surface area contributed by atoms with Gasteiger partial charge in [0.05, 0.1) is 11.4 Å². The van der Waals surface area contributed by atoms with E-state index in [1.54, 1.807) is 6.07 Å². The van der Waals surface area contributed by atoms with Crippen molar-refractivity contribution in [2.45, 2.75) is 26.2 Å². The number of carbonyl (C=O) groups excluding carboxylic acids is 2. The van der Waals surface area contributed by atoms with Crippen LogP contribution in [0, 0.1) is 0 Å². The van der Waals surface area contributed by atoms with Crippen LogP contribution in [0.15, 0.2) is 42.5 Å². The average molecular weight is 374 g/mol. The number of nitrogens with one attached hydrogen (secondary N) is 2. The van der Waals surface area contributed by atoms with Crippen LogP contribution in [-0.4, -0.2) is 12.1 Å². The molecule has 142 valence electrons. The van der Waals surface area contributed by atoms with Gasteiger partial charge in [-0.2, -0.15) is 0 Å². The van der Waals surface area contributed by atoms with Crippen molar-refractivity contribution in [3.05, 3.63) is 48.0 Å². The highest BCUT2D eigenvalue weighted by atomic mass is 16.2. The third-order valence-corrected chi connectivity index (χ3v) is 5.10. The molecule has 0 aromatic heterocycles. The lowest BCUT2D eigenvalue weighted by molar-refractivity contribution is 0.258. The normalized spacial score (nSPS) is 12.0. The van der Waals surface area contributed by atoms with Gasteiger partial charge in [-0.25, -0.2) is 9.59 Å². The van der Waals surface area contributed by atoms with Gasteiger partial charge in [0.1, 0.15) is 0 Å². The van der Waals surface area contributed by atoms with E-state index in [1.807, 2.05) is 24.3 Å². The zero-order valence-electron chi connectivity index (χ0n) is 16.0. The molecule has 0 aliphatic rings. The third-order valence-electron chi connectivity index (χ3n) is 5.10. The first-order valence-corrected chi connectivity index (χ1v) is 9.04. The molecule has 28 heavy (non-hydrogen) atoms. The van der Waals surface area contributed by atoms with Crippen molar-refractivity contribution >= 4 is 55.8 Å². The zero-order chi connectivity index (χ0) is 20.2. The number of anilines is 2. The fourth-order valence-electron chi connectivity index (χ4n) is 3.82. The molecule has 0 radical (unpaired) electrons. The molecule has 0 saturated carbocycles. The van der Waals surface area contributed by atoms with Crippen LogP contribution < -0.4 is 22.1 Å². The quantitative estimate of drug-likeness (QED) is 0.376. The Labute approximate surface area is 162 Å². The number of benzene rings is 4. The van der Waals surface area contributed by atoms with E-state index in [1.165, 1.54) is 5.56 Å². The number of carbonyl (C=O) groups is 2. The Morgan fingerprint density at radius 2 is 1.21 bits per heavy atom. The van der Waals surface area contributed by atoms with Gasteiger partial charge in [0.2, 0.25) is 0 Å². The summed E-state index contributed by atoms with van der Waals surface area (Å²) in [4.78, 5) is 23.0. The number of hydrogen-bond acceptors (Lipinski definition) is 2. The van der Waals surface area contributed by atoms with Gasteiger partial charge in [0, 0.05) is 16.2 Å². The molecule has 0 fully saturated rings. The molecule has 0 atom stereocenters. The van der Waals surface area contributed by atoms with E-state index >= 15 is 0 Å². The minimum Gasteiger partial charge on any atom is -0.351 e. The summed E-state index contributed by atoms with van der Waals surface area (Å²) in [6.07, 6.45) is 0. The minimum atomic E-state index is -0.671. The van der Waals surface area contributed by atoms with Crippen LogP contribution in [-0.2, 0) is 5.41 Å². The zero-order valence-corrected chi connectivity index (χ0v) is 16.0. The lowest BCUT2D eigenvalue weighted by Crippen LogP contribution is -2.21. The maximum atomic E-state index is 11.5. The van der Waals surface area contributed by atoms with E-state index in [2.05, 4.69) is 43.5 Å². The first-order chi connectivity index (χ1) is 13.1. The van der Waals surface area contributed by atoms with Gasteiger partial charge < -0.3 is 22.1 Å². The molecular formula is C22H22N4O2. The molecular weight excluding hydrogens is 352 g/mol. The lowest BCUT2D eigenvalue weighted by Gasteiger charge is -2.22. The highest BCUT2D eigenvalue weighted by Crippen LogP contribution is 2.42. The van der Waals surface area contributed by atoms with Crippen molar-refractivity contribution in [2.75, 3.05) is 10.6 Å². The van der Waals surface area contributed by atoms with E-state index in [0.29, 0.717) is 11.4 Å². The third kappa shape index (κ3) is 2.83. The molecule has 4 aromatic rings. The van der Waals surface area contributed by atoms with Crippen molar-refractivity contribution in [1.82, 2.24) is 0 Å². The summed E-state index contributed by atoms with van der Waals surface area (Å²) < 4.78 is 0. The fraction of sp³-hybridized carbons (Fsp3) is 0.182. The standard InChI is InChI=1S/C22H22N4O2/c1-22(2,3)13-8-11-4-6-14-16(25-20(23)27)10-17(26-21(24)28)15-7-5-12(9-13)18(11)19(14)15/h4-10H,1-3H3,(H3,23,25,27)(H3,24,26,28). The van der Waals surface area contributed by atoms with Gasteiger partial charge in [-0.15, -0.1) is 0 Å². The minimum absolute atomic E-state index is 0.0157. The number of urea groups is 2. The Morgan fingerprint density at radius 1 is 0.750 bits per heavy atom. The van der Waals surface area contributed by atoms with Gasteiger partial charge in [0.15, 0.2) is 0 Å². The molecule has 0 heterocycles. The molecule has 0 spiro atoms. The Balaban J connectivity index is 2.15. The molecule has 6 N–H and O–H groups in total. The second kappa shape index (κ2) is 5.99. The summed E-state index contributed by atoms with van der Waals surface area (Å²) in [5.74, 6) is 0. The predicted octanol–water partition coefficient (Wildman–Crippen LogP) is 4.86. The van der Waals surface area contributed by atoms with Crippen LogP contribution in [0.25, 0.3) is 32.3 Å². The van der Waals surface area contributed by atoms with Gasteiger partial charge in [-0.1, -0.05) is 57.2 Å². The summed E-state index contributed by atoms with van der Waals surface area (Å²) in [5, 5.41) is 11.2. The van der Waals surface area contributed by atoms with Crippen LogP contribution in [0.5, 0.6) is 0 Å². The monoisotopic (exact) mass is 374 g/mol. The Morgan fingerprint density at radius 3 is 1.61 bits per heavy atom. The Hall–Kier alpha value is -3.54. The highest BCUT2D eigenvalue weighted by Gasteiger charge is 2.19. The largest absolute Gasteiger partial charge is 0.351 e. The maximum absolute atomic E-state index is 11.5. The first-order valence-electron chi connectivity index (χ1n) is 9.04. The molecule has 4 amide bonds. The topological polar surface area (TPSA) is 110 Å². The first kappa shape index (κ1) is 17.9. The van der Waals surface area contributed by atoms with Crippen molar-refractivity contribution in [3.63, 3.8) is 0 Å². The van der Waals surface area contributed by atoms with Gasteiger partial charge in [0.25, 0.3) is 0 Å². The van der Waals surface area contributed by atoms with E-state index in [0.717, 1.165) is 32.3 Å². The molecule has 4 rings (SSSR count). The summed E-state index contributed by atoms with van der Waals surface area (Å²) in [6.45, 7) is 6.55. The van der Waals surface area contributed by atoms with Crippen molar-refractivity contribution in [3.8, 4) is 0 Å². The Bertz CT molecular complexity index is 1170. The van der Waals surface area contributed by atoms with Crippen LogP contribution in [0.4, 0.5) is 21.0 Å². The highest BCUT2D eigenvalue weighted by molar-refractivity contribution is 6.29. The molecule has 0 aliphatic carbocycles. The summed E-state index contributed by atoms with van der Waals surface area (Å²) in [7, 11) is 0. The predicted molar refractivity (Wildman–Crippen MR) is 115 cm³/mol. The van der Waals surface area contributed by atoms with E-state index in [9.17, 15) is 9.59 Å². The van der Waals surface area contributed by atoms with Gasteiger partial charge >= 0.3 is 12.1 Å². The molecule has 4 aromatic carbocycles. The lowest BCUT2D eigenvalue weighted by atomic mass is 9.83. The molecule has 0 unspecified atom stereocenters. The maximum Gasteiger partial charge on any atom is 0.316 e. The summed E-state index contributed by atoms with van der Waals surface area (Å²) in [6, 6.07) is 12.8. The molecule has 6 nitrogen and oxygen atoms in total. The summed E-state index contributed by atoms with van der Waals surface area (Å²) >= 11 is 0. The molecule has 0 saturated heterocycles. The number of rotatable bonds is 2. The van der Waals surface area contributed by atoms with Crippen LogP contribution in [0.2, 0.25) is 0 Å². The van der Waals surface area contributed by atoms with Crippen molar-refractivity contribution in [1.29, 1.82) is 0 Å². The van der Waals surface area contributed by atoms with E-state index < -0.39 is 12.1 Å². The number of amides is 4. The summed E-state index contributed by atoms with van der Waals surface area (Å²) in [5.41, 5.74) is 13.0. The van der Waals surface area contributed by atoms with Crippen molar-refractivity contribution < 1.29 is 9.59 Å².